The first-order valence-electron chi connectivity index (χ1n) is 7.52. The highest BCUT2D eigenvalue weighted by Gasteiger charge is 2.65. The number of rotatable bonds is 3. The number of allylic oxidation sites excluding steroid dienone is 2. The normalized spacial score (nSPS) is 32.8. The van der Waals surface area contributed by atoms with E-state index in [1.54, 1.807) is 11.8 Å². The van der Waals surface area contributed by atoms with Crippen LogP contribution in [-0.2, 0) is 19.1 Å². The lowest BCUT2D eigenvalue weighted by molar-refractivity contribution is -0.174. The zero-order chi connectivity index (χ0) is 15.2. The minimum atomic E-state index is -1.11. The molecular formula is C16H22O4S. The van der Waals surface area contributed by atoms with Crippen molar-refractivity contribution >= 4 is 23.7 Å². The number of ether oxygens (including phenoxy) is 2. The molecule has 4 nitrogen and oxygen atoms in total. The van der Waals surface area contributed by atoms with Crippen molar-refractivity contribution in [3.05, 3.63) is 10.5 Å². The fraction of sp³-hybridized carbons (Fsp3) is 0.750. The molecule has 3 aliphatic carbocycles. The molecule has 0 amide bonds. The minimum absolute atomic E-state index is 0.0517. The molecule has 2 saturated carbocycles. The minimum Gasteiger partial charge on any atom is -0.468 e. The van der Waals surface area contributed by atoms with Crippen LogP contribution in [0.25, 0.3) is 0 Å². The Morgan fingerprint density at radius 1 is 1.19 bits per heavy atom. The molecule has 21 heavy (non-hydrogen) atoms. The first-order chi connectivity index (χ1) is 10.1. The van der Waals surface area contributed by atoms with Crippen LogP contribution in [0.15, 0.2) is 10.5 Å². The van der Waals surface area contributed by atoms with E-state index in [2.05, 4.69) is 6.26 Å². The molecule has 5 heteroatoms. The van der Waals surface area contributed by atoms with Crippen LogP contribution < -0.4 is 0 Å². The van der Waals surface area contributed by atoms with E-state index in [0.717, 1.165) is 19.3 Å². The third kappa shape index (κ3) is 1.89. The lowest BCUT2D eigenvalue weighted by Crippen LogP contribution is -2.47. The predicted octanol–water partition coefficient (Wildman–Crippen LogP) is 2.78. The Bertz CT molecular complexity index is 494. The highest BCUT2D eigenvalue weighted by molar-refractivity contribution is 8.02. The molecule has 0 unspecified atom stereocenters. The van der Waals surface area contributed by atoms with Crippen molar-refractivity contribution in [2.24, 2.45) is 23.2 Å². The van der Waals surface area contributed by atoms with Gasteiger partial charge in [-0.3, -0.25) is 9.59 Å². The van der Waals surface area contributed by atoms with Gasteiger partial charge in [-0.15, -0.1) is 11.8 Å². The standard InChI is InChI=1S/C16H22O4S/c1-19-14(17)16(15(18)20-2)8-10-12(21-3)7-9-5-4-6-11(16)13(9)10/h9,11,13H,4-8H2,1-3H3/t9-,11+,13-/m0/s1. The Labute approximate surface area is 129 Å². The summed E-state index contributed by atoms with van der Waals surface area (Å²) in [4.78, 5) is 26.4. The zero-order valence-electron chi connectivity index (χ0n) is 12.8. The van der Waals surface area contributed by atoms with Crippen molar-refractivity contribution in [1.29, 1.82) is 0 Å². The van der Waals surface area contributed by atoms with Gasteiger partial charge in [-0.25, -0.2) is 0 Å². The van der Waals surface area contributed by atoms with Gasteiger partial charge in [0.25, 0.3) is 0 Å². The summed E-state index contributed by atoms with van der Waals surface area (Å²) in [6, 6.07) is 0. The molecule has 0 aromatic heterocycles. The van der Waals surface area contributed by atoms with Gasteiger partial charge in [0.05, 0.1) is 14.2 Å². The van der Waals surface area contributed by atoms with E-state index in [9.17, 15) is 9.59 Å². The number of carbonyl (C=O) groups is 2. The quantitative estimate of drug-likeness (QED) is 0.592. The summed E-state index contributed by atoms with van der Waals surface area (Å²) in [5, 5.41) is 0. The molecule has 3 atom stereocenters. The van der Waals surface area contributed by atoms with Gasteiger partial charge in [-0.05, 0) is 54.6 Å². The van der Waals surface area contributed by atoms with Crippen molar-refractivity contribution in [2.45, 2.75) is 32.1 Å². The van der Waals surface area contributed by atoms with Crippen molar-refractivity contribution in [2.75, 3.05) is 20.5 Å². The summed E-state index contributed by atoms with van der Waals surface area (Å²) in [7, 11) is 2.73. The van der Waals surface area contributed by atoms with Crippen LogP contribution in [-0.4, -0.2) is 32.4 Å². The van der Waals surface area contributed by atoms with Crippen molar-refractivity contribution in [3.8, 4) is 0 Å². The van der Waals surface area contributed by atoms with E-state index in [1.165, 1.54) is 31.1 Å². The Kier molecular flexibility index (Phi) is 3.80. The highest BCUT2D eigenvalue weighted by atomic mass is 32.2. The lowest BCUT2D eigenvalue weighted by atomic mass is 9.66. The van der Waals surface area contributed by atoms with Crippen LogP contribution in [0.4, 0.5) is 0 Å². The molecule has 116 valence electrons. The van der Waals surface area contributed by atoms with E-state index in [0.29, 0.717) is 18.3 Å². The second kappa shape index (κ2) is 5.34. The lowest BCUT2D eigenvalue weighted by Gasteiger charge is -2.37. The predicted molar refractivity (Wildman–Crippen MR) is 80.6 cm³/mol. The van der Waals surface area contributed by atoms with Gasteiger partial charge in [0.2, 0.25) is 0 Å². The number of hydrogen-bond acceptors (Lipinski definition) is 5. The summed E-state index contributed by atoms with van der Waals surface area (Å²) in [6.45, 7) is 0. The van der Waals surface area contributed by atoms with Crippen LogP contribution in [0.5, 0.6) is 0 Å². The number of esters is 2. The average Bonchev–Trinajstić information content (AvgIpc) is 3.06. The summed E-state index contributed by atoms with van der Waals surface area (Å²) in [6.07, 6.45) is 6.90. The molecule has 0 aromatic carbocycles. The van der Waals surface area contributed by atoms with Crippen molar-refractivity contribution < 1.29 is 19.1 Å². The molecule has 0 bridgehead atoms. The summed E-state index contributed by atoms with van der Waals surface area (Å²) < 4.78 is 10.0. The largest absolute Gasteiger partial charge is 0.468 e. The van der Waals surface area contributed by atoms with E-state index in [1.807, 2.05) is 0 Å². The fourth-order valence-electron chi connectivity index (χ4n) is 4.91. The molecule has 0 heterocycles. The van der Waals surface area contributed by atoms with Gasteiger partial charge in [0.15, 0.2) is 5.41 Å². The molecule has 3 rings (SSSR count). The second-order valence-electron chi connectivity index (χ2n) is 6.31. The van der Waals surface area contributed by atoms with E-state index in [-0.39, 0.29) is 5.92 Å². The van der Waals surface area contributed by atoms with Gasteiger partial charge in [0, 0.05) is 0 Å². The molecule has 0 aliphatic heterocycles. The number of hydrogen-bond donors (Lipinski definition) is 0. The zero-order valence-corrected chi connectivity index (χ0v) is 13.6. The SMILES string of the molecule is COC(=O)C1(C(=O)OC)CC2=C(SC)C[C@@H]3CCC[C@@H]1[C@H]23. The van der Waals surface area contributed by atoms with Crippen LogP contribution in [0.3, 0.4) is 0 Å². The van der Waals surface area contributed by atoms with Gasteiger partial charge >= 0.3 is 11.9 Å². The fourth-order valence-corrected chi connectivity index (χ4v) is 5.76. The number of methoxy groups -OCH3 is 2. The molecule has 0 saturated heterocycles. The smallest absolute Gasteiger partial charge is 0.323 e. The van der Waals surface area contributed by atoms with Gasteiger partial charge in [0.1, 0.15) is 0 Å². The molecular weight excluding hydrogens is 288 g/mol. The third-order valence-corrected chi connectivity index (χ3v) is 6.61. The molecule has 3 aliphatic rings. The molecule has 0 N–H and O–H groups in total. The molecule has 0 spiro atoms. The monoisotopic (exact) mass is 310 g/mol. The maximum atomic E-state index is 12.5. The van der Waals surface area contributed by atoms with Crippen LogP contribution in [0.2, 0.25) is 0 Å². The van der Waals surface area contributed by atoms with E-state index >= 15 is 0 Å². The average molecular weight is 310 g/mol. The highest BCUT2D eigenvalue weighted by Crippen LogP contribution is 2.64. The van der Waals surface area contributed by atoms with E-state index < -0.39 is 17.4 Å². The molecule has 2 fully saturated rings. The van der Waals surface area contributed by atoms with Crippen LogP contribution >= 0.6 is 11.8 Å². The Hall–Kier alpha value is -0.970. The van der Waals surface area contributed by atoms with Gasteiger partial charge in [-0.2, -0.15) is 0 Å². The third-order valence-electron chi connectivity index (χ3n) is 5.69. The van der Waals surface area contributed by atoms with Crippen molar-refractivity contribution in [1.82, 2.24) is 0 Å². The van der Waals surface area contributed by atoms with Crippen LogP contribution in [0.1, 0.15) is 32.1 Å². The molecule has 0 aromatic rings. The van der Waals surface area contributed by atoms with Gasteiger partial charge in [-0.1, -0.05) is 12.0 Å². The van der Waals surface area contributed by atoms with Gasteiger partial charge < -0.3 is 9.47 Å². The number of carbonyl (C=O) groups excluding carboxylic acids is 2. The maximum Gasteiger partial charge on any atom is 0.323 e. The first kappa shape index (κ1) is 14.9. The van der Waals surface area contributed by atoms with Crippen LogP contribution in [0, 0.1) is 23.2 Å². The Balaban J connectivity index is 2.10. The van der Waals surface area contributed by atoms with E-state index in [4.69, 9.17) is 9.47 Å². The maximum absolute atomic E-state index is 12.5. The van der Waals surface area contributed by atoms with Crippen molar-refractivity contribution in [3.63, 3.8) is 0 Å². The summed E-state index contributed by atoms with van der Waals surface area (Å²) in [5.74, 6) is 0.192. The second-order valence-corrected chi connectivity index (χ2v) is 7.21. The topological polar surface area (TPSA) is 52.6 Å². The summed E-state index contributed by atoms with van der Waals surface area (Å²) >= 11 is 1.77. The Morgan fingerprint density at radius 3 is 2.43 bits per heavy atom. The summed E-state index contributed by atoms with van der Waals surface area (Å²) in [5.41, 5.74) is 0.219. The molecule has 0 radical (unpaired) electrons. The first-order valence-corrected chi connectivity index (χ1v) is 8.75. The number of thioether (sulfide) groups is 1. The Morgan fingerprint density at radius 2 is 1.86 bits per heavy atom.